The minimum Gasteiger partial charge on any atom is -0.490 e. The van der Waals surface area contributed by atoms with E-state index in [0.717, 1.165) is 27.0 Å². The molecule has 0 spiro atoms. The van der Waals surface area contributed by atoms with Gasteiger partial charge in [0.1, 0.15) is 0 Å². The lowest BCUT2D eigenvalue weighted by Crippen LogP contribution is -2.20. The summed E-state index contributed by atoms with van der Waals surface area (Å²) in [4.78, 5) is 12.3. The SMILES string of the molecule is CCOc1cc(CNc2ccccc2)cc(Br)c1OCC(=O)Nc1ccc(C)cc1. The van der Waals surface area contributed by atoms with E-state index in [1.54, 1.807) is 0 Å². The molecule has 6 heteroatoms. The molecule has 0 aliphatic rings. The van der Waals surface area contributed by atoms with Gasteiger partial charge in [0.15, 0.2) is 18.1 Å². The van der Waals surface area contributed by atoms with Gasteiger partial charge in [-0.3, -0.25) is 4.79 Å². The number of anilines is 2. The maximum Gasteiger partial charge on any atom is 0.262 e. The van der Waals surface area contributed by atoms with Gasteiger partial charge < -0.3 is 20.1 Å². The van der Waals surface area contributed by atoms with E-state index in [0.29, 0.717) is 24.7 Å². The third-order valence-electron chi connectivity index (χ3n) is 4.32. The first kappa shape index (κ1) is 21.7. The highest BCUT2D eigenvalue weighted by molar-refractivity contribution is 9.10. The number of nitrogens with one attached hydrogen (secondary N) is 2. The summed E-state index contributed by atoms with van der Waals surface area (Å²) in [5, 5.41) is 6.21. The van der Waals surface area contributed by atoms with Crippen LogP contribution in [-0.4, -0.2) is 19.1 Å². The summed E-state index contributed by atoms with van der Waals surface area (Å²) in [6, 6.07) is 21.5. The summed E-state index contributed by atoms with van der Waals surface area (Å²) in [5.41, 5.74) is 3.95. The maximum absolute atomic E-state index is 12.3. The van der Waals surface area contributed by atoms with Crippen molar-refractivity contribution in [3.63, 3.8) is 0 Å². The van der Waals surface area contributed by atoms with E-state index in [2.05, 4.69) is 26.6 Å². The van der Waals surface area contributed by atoms with Crippen molar-refractivity contribution >= 4 is 33.2 Å². The largest absolute Gasteiger partial charge is 0.490 e. The summed E-state index contributed by atoms with van der Waals surface area (Å²) in [6.07, 6.45) is 0. The number of hydrogen-bond donors (Lipinski definition) is 2. The van der Waals surface area contributed by atoms with Crippen molar-refractivity contribution in [2.24, 2.45) is 0 Å². The van der Waals surface area contributed by atoms with E-state index in [4.69, 9.17) is 9.47 Å². The molecule has 156 valence electrons. The molecule has 3 rings (SSSR count). The normalized spacial score (nSPS) is 10.4. The predicted molar refractivity (Wildman–Crippen MR) is 124 cm³/mol. The number of para-hydroxylation sites is 1. The van der Waals surface area contributed by atoms with Crippen LogP contribution in [0, 0.1) is 6.92 Å². The molecule has 0 radical (unpaired) electrons. The Morgan fingerprint density at radius 2 is 1.70 bits per heavy atom. The summed E-state index contributed by atoms with van der Waals surface area (Å²) in [6.45, 7) is 4.93. The van der Waals surface area contributed by atoms with Crippen LogP contribution in [0.4, 0.5) is 11.4 Å². The molecule has 0 atom stereocenters. The van der Waals surface area contributed by atoms with Crippen LogP contribution >= 0.6 is 15.9 Å². The molecule has 0 heterocycles. The number of amides is 1. The average Bonchev–Trinajstić information content (AvgIpc) is 2.74. The van der Waals surface area contributed by atoms with Gasteiger partial charge in [-0.15, -0.1) is 0 Å². The Hall–Kier alpha value is -2.99. The number of halogens is 1. The monoisotopic (exact) mass is 468 g/mol. The molecular formula is C24H25BrN2O3. The van der Waals surface area contributed by atoms with Crippen LogP contribution in [0.25, 0.3) is 0 Å². The first-order valence-corrected chi connectivity index (χ1v) is 10.6. The van der Waals surface area contributed by atoms with Crippen LogP contribution in [0.5, 0.6) is 11.5 Å². The van der Waals surface area contributed by atoms with Crippen molar-refractivity contribution in [3.05, 3.63) is 82.3 Å². The van der Waals surface area contributed by atoms with Gasteiger partial charge in [-0.1, -0.05) is 35.9 Å². The van der Waals surface area contributed by atoms with Crippen LogP contribution in [0.1, 0.15) is 18.1 Å². The predicted octanol–water partition coefficient (Wildman–Crippen LogP) is 5.79. The fourth-order valence-electron chi connectivity index (χ4n) is 2.86. The molecule has 0 aliphatic heterocycles. The first-order chi connectivity index (χ1) is 14.5. The second-order valence-electron chi connectivity index (χ2n) is 6.76. The van der Waals surface area contributed by atoms with E-state index in [-0.39, 0.29) is 12.5 Å². The highest BCUT2D eigenvalue weighted by atomic mass is 79.9. The number of carbonyl (C=O) groups excluding carboxylic acids is 1. The fraction of sp³-hybridized carbons (Fsp3) is 0.208. The number of benzene rings is 3. The molecular weight excluding hydrogens is 444 g/mol. The van der Waals surface area contributed by atoms with Gasteiger partial charge in [0.05, 0.1) is 11.1 Å². The molecule has 0 saturated heterocycles. The lowest BCUT2D eigenvalue weighted by atomic mass is 10.2. The number of carbonyl (C=O) groups is 1. The Morgan fingerprint density at radius 3 is 2.40 bits per heavy atom. The molecule has 0 bridgehead atoms. The zero-order chi connectivity index (χ0) is 21.3. The van der Waals surface area contributed by atoms with Crippen molar-refractivity contribution in [1.29, 1.82) is 0 Å². The first-order valence-electron chi connectivity index (χ1n) is 9.78. The van der Waals surface area contributed by atoms with Crippen LogP contribution in [0.15, 0.2) is 71.2 Å². The Bertz CT molecular complexity index is 976. The van der Waals surface area contributed by atoms with Gasteiger partial charge in [0.2, 0.25) is 0 Å². The third kappa shape index (κ3) is 6.26. The van der Waals surface area contributed by atoms with Gasteiger partial charge in [-0.05, 0) is 71.7 Å². The van der Waals surface area contributed by atoms with Gasteiger partial charge in [-0.25, -0.2) is 0 Å². The number of hydrogen-bond acceptors (Lipinski definition) is 4. The van der Waals surface area contributed by atoms with Crippen molar-refractivity contribution in [2.45, 2.75) is 20.4 Å². The lowest BCUT2D eigenvalue weighted by molar-refractivity contribution is -0.118. The van der Waals surface area contributed by atoms with Gasteiger partial charge in [-0.2, -0.15) is 0 Å². The Morgan fingerprint density at radius 1 is 0.967 bits per heavy atom. The third-order valence-corrected chi connectivity index (χ3v) is 4.91. The van der Waals surface area contributed by atoms with E-state index in [1.165, 1.54) is 0 Å². The number of rotatable bonds is 9. The van der Waals surface area contributed by atoms with E-state index < -0.39 is 0 Å². The summed E-state index contributed by atoms with van der Waals surface area (Å²) >= 11 is 3.55. The van der Waals surface area contributed by atoms with Crippen molar-refractivity contribution in [2.75, 3.05) is 23.8 Å². The molecule has 0 fully saturated rings. The van der Waals surface area contributed by atoms with Crippen LogP contribution < -0.4 is 20.1 Å². The Labute approximate surface area is 185 Å². The molecule has 3 aromatic carbocycles. The minimum atomic E-state index is -0.233. The molecule has 30 heavy (non-hydrogen) atoms. The van der Waals surface area contributed by atoms with Gasteiger partial charge in [0, 0.05) is 17.9 Å². The van der Waals surface area contributed by atoms with Gasteiger partial charge >= 0.3 is 0 Å². The second-order valence-corrected chi connectivity index (χ2v) is 7.61. The van der Waals surface area contributed by atoms with Crippen molar-refractivity contribution in [1.82, 2.24) is 0 Å². The van der Waals surface area contributed by atoms with Crippen molar-refractivity contribution in [3.8, 4) is 11.5 Å². The summed E-state index contributed by atoms with van der Waals surface area (Å²) in [5.74, 6) is 0.877. The minimum absolute atomic E-state index is 0.117. The van der Waals surface area contributed by atoms with Gasteiger partial charge in [0.25, 0.3) is 5.91 Å². The average molecular weight is 469 g/mol. The van der Waals surface area contributed by atoms with E-state index in [9.17, 15) is 4.79 Å². The Kier molecular flexibility index (Phi) is 7.74. The van der Waals surface area contributed by atoms with Crippen molar-refractivity contribution < 1.29 is 14.3 Å². The smallest absolute Gasteiger partial charge is 0.262 e. The highest BCUT2D eigenvalue weighted by Crippen LogP contribution is 2.37. The molecule has 5 nitrogen and oxygen atoms in total. The fourth-order valence-corrected chi connectivity index (χ4v) is 3.46. The van der Waals surface area contributed by atoms with Crippen LogP contribution in [0.2, 0.25) is 0 Å². The summed E-state index contributed by atoms with van der Waals surface area (Å²) < 4.78 is 12.3. The molecule has 0 aromatic heterocycles. The summed E-state index contributed by atoms with van der Waals surface area (Å²) in [7, 11) is 0. The van der Waals surface area contributed by atoms with E-state index >= 15 is 0 Å². The Balaban J connectivity index is 1.65. The number of ether oxygens (including phenoxy) is 2. The molecule has 2 N–H and O–H groups in total. The maximum atomic E-state index is 12.3. The zero-order valence-corrected chi connectivity index (χ0v) is 18.7. The molecule has 0 aliphatic carbocycles. The molecule has 0 unspecified atom stereocenters. The number of aryl methyl sites for hydroxylation is 1. The molecule has 3 aromatic rings. The lowest BCUT2D eigenvalue weighted by Gasteiger charge is -2.16. The highest BCUT2D eigenvalue weighted by Gasteiger charge is 2.14. The standard InChI is InChI=1S/C24H25BrN2O3/c1-3-29-22-14-18(15-26-19-7-5-4-6-8-19)13-21(25)24(22)30-16-23(28)27-20-11-9-17(2)10-12-20/h4-14,26H,3,15-16H2,1-2H3,(H,27,28). The molecule has 0 saturated carbocycles. The zero-order valence-electron chi connectivity index (χ0n) is 17.1. The van der Waals surface area contributed by atoms with Crippen LogP contribution in [-0.2, 0) is 11.3 Å². The molecule has 1 amide bonds. The van der Waals surface area contributed by atoms with E-state index in [1.807, 2.05) is 80.6 Å². The second kappa shape index (κ2) is 10.7. The quantitative estimate of drug-likeness (QED) is 0.417. The topological polar surface area (TPSA) is 59.6 Å². The van der Waals surface area contributed by atoms with Crippen LogP contribution in [0.3, 0.4) is 0 Å².